The van der Waals surface area contributed by atoms with Crippen molar-refractivity contribution in [3.05, 3.63) is 35.9 Å². The van der Waals surface area contributed by atoms with Gasteiger partial charge in [-0.15, -0.1) is 0 Å². The molecule has 1 atom stereocenters. The normalized spacial score (nSPS) is 21.1. The minimum atomic E-state index is 0.187. The van der Waals surface area contributed by atoms with Gasteiger partial charge in [-0.25, -0.2) is 0 Å². The number of benzene rings is 1. The van der Waals surface area contributed by atoms with Crippen LogP contribution in [0.4, 0.5) is 0 Å². The Morgan fingerprint density at radius 1 is 1.11 bits per heavy atom. The third-order valence-electron chi connectivity index (χ3n) is 4.44. The van der Waals surface area contributed by atoms with Gasteiger partial charge < -0.3 is 10.1 Å². The lowest BCUT2D eigenvalue weighted by Gasteiger charge is -2.49. The van der Waals surface area contributed by atoms with Gasteiger partial charge in [0.2, 0.25) is 0 Å². The molecule has 1 aliphatic heterocycles. The van der Waals surface area contributed by atoms with E-state index in [1.165, 1.54) is 5.56 Å². The van der Waals surface area contributed by atoms with Crippen molar-refractivity contribution in [2.24, 2.45) is 5.41 Å². The van der Waals surface area contributed by atoms with Crippen LogP contribution in [0.25, 0.3) is 0 Å². The van der Waals surface area contributed by atoms with E-state index in [1.54, 1.807) is 0 Å². The predicted octanol–water partition coefficient (Wildman–Crippen LogP) is 3.37. The van der Waals surface area contributed by atoms with Crippen LogP contribution >= 0.6 is 0 Å². The first-order chi connectivity index (χ1) is 9.00. The van der Waals surface area contributed by atoms with Crippen LogP contribution in [0.5, 0.6) is 0 Å². The highest BCUT2D eigenvalue weighted by Crippen LogP contribution is 2.43. The Kier molecular flexibility index (Phi) is 4.32. The van der Waals surface area contributed by atoms with Gasteiger partial charge >= 0.3 is 0 Å². The highest BCUT2D eigenvalue weighted by molar-refractivity contribution is 5.29. The molecule has 1 fully saturated rings. The summed E-state index contributed by atoms with van der Waals surface area (Å²) < 4.78 is 5.63. The second-order valence-electron chi connectivity index (χ2n) is 6.72. The minimum Gasteiger partial charge on any atom is -0.381 e. The van der Waals surface area contributed by atoms with E-state index >= 15 is 0 Å². The Hall–Kier alpha value is -0.860. The molecular formula is C17H27NO. The van der Waals surface area contributed by atoms with Crippen LogP contribution < -0.4 is 5.32 Å². The van der Waals surface area contributed by atoms with Crippen molar-refractivity contribution in [3.63, 3.8) is 0 Å². The first-order valence-corrected chi connectivity index (χ1v) is 7.31. The summed E-state index contributed by atoms with van der Waals surface area (Å²) in [7, 11) is 2.09. The Bertz CT molecular complexity index is 387. The molecule has 19 heavy (non-hydrogen) atoms. The van der Waals surface area contributed by atoms with Gasteiger partial charge in [-0.3, -0.25) is 0 Å². The molecule has 2 heteroatoms. The molecule has 0 amide bonds. The number of ether oxygens (including phenoxy) is 1. The summed E-state index contributed by atoms with van der Waals surface area (Å²) in [5.74, 6) is 0. The summed E-state index contributed by atoms with van der Waals surface area (Å²) in [5, 5.41) is 3.60. The maximum atomic E-state index is 5.63. The molecule has 2 nitrogen and oxygen atoms in total. The first kappa shape index (κ1) is 14.5. The van der Waals surface area contributed by atoms with Crippen LogP contribution in [0.2, 0.25) is 0 Å². The zero-order chi connectivity index (χ0) is 13.9. The lowest BCUT2D eigenvalue weighted by atomic mass is 9.61. The van der Waals surface area contributed by atoms with Gasteiger partial charge in [0.15, 0.2) is 0 Å². The predicted molar refractivity (Wildman–Crippen MR) is 80.5 cm³/mol. The molecule has 2 rings (SSSR count). The number of nitrogens with one attached hydrogen (secondary N) is 1. The van der Waals surface area contributed by atoms with Crippen molar-refractivity contribution in [2.75, 3.05) is 20.3 Å². The van der Waals surface area contributed by atoms with Crippen molar-refractivity contribution >= 4 is 0 Å². The maximum Gasteiger partial charge on any atom is 0.0475 e. The summed E-state index contributed by atoms with van der Waals surface area (Å²) in [6, 6.07) is 11.4. The number of hydrogen-bond donors (Lipinski definition) is 1. The van der Waals surface area contributed by atoms with E-state index in [0.717, 1.165) is 26.1 Å². The van der Waals surface area contributed by atoms with Crippen molar-refractivity contribution < 1.29 is 4.74 Å². The molecule has 1 heterocycles. The summed E-state index contributed by atoms with van der Waals surface area (Å²) in [5.41, 5.74) is 1.86. The Balaban J connectivity index is 2.45. The van der Waals surface area contributed by atoms with Gasteiger partial charge in [-0.1, -0.05) is 51.1 Å². The molecule has 1 saturated heterocycles. The third-order valence-corrected chi connectivity index (χ3v) is 4.44. The summed E-state index contributed by atoms with van der Waals surface area (Å²) in [6.07, 6.45) is 2.19. The van der Waals surface area contributed by atoms with Crippen LogP contribution in [0.3, 0.4) is 0 Å². The van der Waals surface area contributed by atoms with Crippen molar-refractivity contribution in [3.8, 4) is 0 Å². The van der Waals surface area contributed by atoms with E-state index in [4.69, 9.17) is 4.74 Å². The van der Waals surface area contributed by atoms with E-state index in [9.17, 15) is 0 Å². The second kappa shape index (κ2) is 5.64. The molecule has 0 bridgehead atoms. The highest BCUT2D eigenvalue weighted by atomic mass is 16.5. The topological polar surface area (TPSA) is 21.3 Å². The first-order valence-electron chi connectivity index (χ1n) is 7.31. The van der Waals surface area contributed by atoms with Crippen LogP contribution in [-0.2, 0) is 10.2 Å². The second-order valence-corrected chi connectivity index (χ2v) is 6.72. The Morgan fingerprint density at radius 3 is 2.16 bits per heavy atom. The molecule has 1 aromatic rings. The van der Waals surface area contributed by atoms with Gasteiger partial charge in [0.25, 0.3) is 0 Å². The van der Waals surface area contributed by atoms with Gasteiger partial charge in [-0.05, 0) is 30.9 Å². The third kappa shape index (κ3) is 2.85. The van der Waals surface area contributed by atoms with Crippen LogP contribution in [0.1, 0.15) is 39.2 Å². The van der Waals surface area contributed by atoms with E-state index in [1.807, 2.05) is 0 Å². The lowest BCUT2D eigenvalue weighted by Crippen LogP contribution is -2.56. The van der Waals surface area contributed by atoms with Crippen LogP contribution in [-0.4, -0.2) is 26.3 Å². The van der Waals surface area contributed by atoms with Crippen molar-refractivity contribution in [1.29, 1.82) is 0 Å². The average Bonchev–Trinajstić information content (AvgIpc) is 2.40. The minimum absolute atomic E-state index is 0.187. The van der Waals surface area contributed by atoms with Crippen molar-refractivity contribution in [1.82, 2.24) is 5.32 Å². The fourth-order valence-corrected chi connectivity index (χ4v) is 3.79. The van der Waals surface area contributed by atoms with Gasteiger partial charge in [-0.2, -0.15) is 0 Å². The number of hydrogen-bond acceptors (Lipinski definition) is 2. The molecule has 0 aliphatic carbocycles. The average molecular weight is 261 g/mol. The SMILES string of the molecule is CNC(C(C)(C)C)C1(c2ccccc2)CCOCC1. The van der Waals surface area contributed by atoms with E-state index in [-0.39, 0.29) is 10.8 Å². The summed E-state index contributed by atoms with van der Waals surface area (Å²) >= 11 is 0. The van der Waals surface area contributed by atoms with Gasteiger partial charge in [0, 0.05) is 24.7 Å². The quantitative estimate of drug-likeness (QED) is 0.900. The van der Waals surface area contributed by atoms with Crippen LogP contribution in [0, 0.1) is 5.41 Å². The van der Waals surface area contributed by atoms with Gasteiger partial charge in [0.05, 0.1) is 0 Å². The largest absolute Gasteiger partial charge is 0.381 e. The summed E-state index contributed by atoms with van der Waals surface area (Å²) in [4.78, 5) is 0. The van der Waals surface area contributed by atoms with E-state index in [0.29, 0.717) is 6.04 Å². The lowest BCUT2D eigenvalue weighted by molar-refractivity contribution is 0.0148. The Labute approximate surface area is 117 Å². The zero-order valence-corrected chi connectivity index (χ0v) is 12.7. The van der Waals surface area contributed by atoms with Crippen molar-refractivity contribution in [2.45, 2.75) is 45.1 Å². The fourth-order valence-electron chi connectivity index (χ4n) is 3.79. The van der Waals surface area contributed by atoms with Crippen LogP contribution in [0.15, 0.2) is 30.3 Å². The molecule has 0 spiro atoms. The van der Waals surface area contributed by atoms with E-state index in [2.05, 4.69) is 63.5 Å². The molecule has 0 aromatic heterocycles. The molecular weight excluding hydrogens is 234 g/mol. The monoisotopic (exact) mass is 261 g/mol. The maximum absolute atomic E-state index is 5.63. The zero-order valence-electron chi connectivity index (χ0n) is 12.7. The Morgan fingerprint density at radius 2 is 1.68 bits per heavy atom. The number of likely N-dealkylation sites (N-methyl/N-ethyl adjacent to an activating group) is 1. The molecule has 106 valence electrons. The molecule has 1 aromatic carbocycles. The standard InChI is InChI=1S/C17H27NO/c1-16(2,3)15(18-4)17(10-12-19-13-11-17)14-8-6-5-7-9-14/h5-9,15,18H,10-13H2,1-4H3. The molecule has 1 unspecified atom stereocenters. The molecule has 1 aliphatic rings. The number of rotatable bonds is 3. The molecule has 1 N–H and O–H groups in total. The molecule has 0 radical (unpaired) electrons. The summed E-state index contributed by atoms with van der Waals surface area (Å²) in [6.45, 7) is 8.71. The fraction of sp³-hybridized carbons (Fsp3) is 0.647. The van der Waals surface area contributed by atoms with E-state index < -0.39 is 0 Å². The molecule has 0 saturated carbocycles. The smallest absolute Gasteiger partial charge is 0.0475 e. The van der Waals surface area contributed by atoms with Gasteiger partial charge in [0.1, 0.15) is 0 Å². The highest BCUT2D eigenvalue weighted by Gasteiger charge is 2.45.